The molecule has 154 valence electrons. The Bertz CT molecular complexity index is 1040. The van der Waals surface area contributed by atoms with E-state index in [0.717, 1.165) is 16.8 Å². The lowest BCUT2D eigenvalue weighted by atomic mass is 9.93. The van der Waals surface area contributed by atoms with Crippen LogP contribution >= 0.6 is 0 Å². The highest BCUT2D eigenvalue weighted by molar-refractivity contribution is 5.71. The molecular formula is C28H30FN. The van der Waals surface area contributed by atoms with Gasteiger partial charge >= 0.3 is 0 Å². The van der Waals surface area contributed by atoms with Crippen LogP contribution in [0.4, 0.5) is 10.1 Å². The van der Waals surface area contributed by atoms with E-state index in [-0.39, 0.29) is 5.82 Å². The van der Waals surface area contributed by atoms with E-state index >= 15 is 0 Å². The van der Waals surface area contributed by atoms with Gasteiger partial charge in [-0.05, 0) is 96.7 Å². The van der Waals surface area contributed by atoms with Crippen LogP contribution in [0.5, 0.6) is 0 Å². The van der Waals surface area contributed by atoms with E-state index in [1.54, 1.807) is 23.3 Å². The van der Waals surface area contributed by atoms with Gasteiger partial charge in [-0.2, -0.15) is 0 Å². The van der Waals surface area contributed by atoms with Crippen molar-refractivity contribution in [2.45, 2.75) is 44.4 Å². The molecule has 0 amide bonds. The summed E-state index contributed by atoms with van der Waals surface area (Å²) in [6.07, 6.45) is 8.67. The summed E-state index contributed by atoms with van der Waals surface area (Å²) in [6.45, 7) is 6.02. The fraction of sp³-hybridized carbons (Fsp3) is 0.286. The van der Waals surface area contributed by atoms with Crippen molar-refractivity contribution in [2.75, 3.05) is 12.4 Å². The number of fused-ring (bicyclic) bond motifs is 1. The molecule has 1 N–H and O–H groups in total. The summed E-state index contributed by atoms with van der Waals surface area (Å²) in [5, 5.41) is 3.10. The number of hydrogen-bond donors (Lipinski definition) is 1. The van der Waals surface area contributed by atoms with Crippen LogP contribution in [0.2, 0.25) is 0 Å². The van der Waals surface area contributed by atoms with Crippen molar-refractivity contribution in [1.29, 1.82) is 0 Å². The Kier molecular flexibility index (Phi) is 5.76. The van der Waals surface area contributed by atoms with Crippen molar-refractivity contribution in [1.82, 2.24) is 0 Å². The largest absolute Gasteiger partial charge is 0.388 e. The quantitative estimate of drug-likeness (QED) is 0.456. The number of halogens is 1. The zero-order valence-corrected chi connectivity index (χ0v) is 18.0. The molecule has 2 aliphatic carbocycles. The number of aryl methyl sites for hydroxylation is 3. The molecular weight excluding hydrogens is 369 g/mol. The molecule has 5 rings (SSSR count). The highest BCUT2D eigenvalue weighted by Crippen LogP contribution is 2.49. The predicted molar refractivity (Wildman–Crippen MR) is 126 cm³/mol. The van der Waals surface area contributed by atoms with Crippen molar-refractivity contribution in [3.05, 3.63) is 101 Å². The van der Waals surface area contributed by atoms with Gasteiger partial charge in [-0.1, -0.05) is 42.5 Å². The van der Waals surface area contributed by atoms with Crippen LogP contribution in [0, 0.1) is 12.7 Å². The van der Waals surface area contributed by atoms with Gasteiger partial charge in [0.25, 0.3) is 0 Å². The summed E-state index contributed by atoms with van der Waals surface area (Å²) in [6, 6.07) is 19.8. The van der Waals surface area contributed by atoms with Crippen molar-refractivity contribution in [3.63, 3.8) is 0 Å². The molecule has 0 spiro atoms. The SMILES string of the molecule is C=CC1(c2ccc3c(c2)CCC3)CC1.CNc1ccc(C)c(-c2ccc(F)cc2)c1. The first-order valence-electron chi connectivity index (χ1n) is 10.8. The molecule has 0 heterocycles. The minimum atomic E-state index is -0.203. The molecule has 2 aliphatic rings. The topological polar surface area (TPSA) is 12.0 Å². The van der Waals surface area contributed by atoms with Crippen molar-refractivity contribution in [3.8, 4) is 11.1 Å². The number of nitrogens with one attached hydrogen (secondary N) is 1. The maximum absolute atomic E-state index is 12.8. The second-order valence-electron chi connectivity index (χ2n) is 8.48. The van der Waals surface area contributed by atoms with Crippen LogP contribution in [-0.2, 0) is 18.3 Å². The highest BCUT2D eigenvalue weighted by Gasteiger charge is 2.41. The van der Waals surface area contributed by atoms with Crippen LogP contribution < -0.4 is 5.32 Å². The van der Waals surface area contributed by atoms with Crippen LogP contribution in [0.1, 0.15) is 41.5 Å². The summed E-state index contributed by atoms with van der Waals surface area (Å²) < 4.78 is 12.8. The lowest BCUT2D eigenvalue weighted by molar-refractivity contribution is 0.628. The van der Waals surface area contributed by atoms with E-state index in [2.05, 4.69) is 55.2 Å². The van der Waals surface area contributed by atoms with Gasteiger partial charge in [-0.15, -0.1) is 6.58 Å². The molecule has 0 radical (unpaired) electrons. The van der Waals surface area contributed by atoms with E-state index < -0.39 is 0 Å². The normalized spacial score (nSPS) is 15.6. The van der Waals surface area contributed by atoms with Gasteiger partial charge in [0.15, 0.2) is 0 Å². The maximum atomic E-state index is 12.8. The molecule has 0 bridgehead atoms. The van der Waals surface area contributed by atoms with E-state index in [1.807, 2.05) is 13.1 Å². The van der Waals surface area contributed by atoms with Gasteiger partial charge in [-0.3, -0.25) is 0 Å². The summed E-state index contributed by atoms with van der Waals surface area (Å²) >= 11 is 0. The third-order valence-corrected chi connectivity index (χ3v) is 6.53. The Morgan fingerprint density at radius 2 is 1.67 bits per heavy atom. The second-order valence-corrected chi connectivity index (χ2v) is 8.48. The molecule has 0 unspecified atom stereocenters. The van der Waals surface area contributed by atoms with Crippen molar-refractivity contribution < 1.29 is 4.39 Å². The van der Waals surface area contributed by atoms with Gasteiger partial charge in [0.1, 0.15) is 5.82 Å². The first kappa shape index (κ1) is 20.4. The molecule has 2 heteroatoms. The zero-order chi connectivity index (χ0) is 21.1. The molecule has 1 nitrogen and oxygen atoms in total. The maximum Gasteiger partial charge on any atom is 0.123 e. The average molecular weight is 400 g/mol. The predicted octanol–water partition coefficient (Wildman–Crippen LogP) is 7.24. The average Bonchev–Trinajstić information content (AvgIpc) is 3.44. The minimum Gasteiger partial charge on any atom is -0.388 e. The Hall–Kier alpha value is -2.87. The van der Waals surface area contributed by atoms with Gasteiger partial charge < -0.3 is 5.32 Å². The van der Waals surface area contributed by atoms with Gasteiger partial charge in [0.05, 0.1) is 0 Å². The molecule has 0 aliphatic heterocycles. The second kappa shape index (κ2) is 8.47. The number of rotatable bonds is 4. The molecule has 1 saturated carbocycles. The number of benzene rings is 3. The van der Waals surface area contributed by atoms with E-state index in [9.17, 15) is 4.39 Å². The molecule has 3 aromatic carbocycles. The molecule has 30 heavy (non-hydrogen) atoms. The van der Waals surface area contributed by atoms with E-state index in [4.69, 9.17) is 0 Å². The highest BCUT2D eigenvalue weighted by atomic mass is 19.1. The summed E-state index contributed by atoms with van der Waals surface area (Å²) in [5.41, 5.74) is 9.45. The van der Waals surface area contributed by atoms with E-state index in [0.29, 0.717) is 5.41 Å². The molecule has 3 aromatic rings. The van der Waals surface area contributed by atoms with Crippen molar-refractivity contribution >= 4 is 5.69 Å². The van der Waals surface area contributed by atoms with E-state index in [1.165, 1.54) is 55.4 Å². The molecule has 0 aromatic heterocycles. The number of anilines is 1. The smallest absolute Gasteiger partial charge is 0.123 e. The fourth-order valence-electron chi connectivity index (χ4n) is 4.34. The molecule has 0 saturated heterocycles. The minimum absolute atomic E-state index is 0.203. The Labute approximate surface area is 179 Å². The Balaban J connectivity index is 0.000000146. The van der Waals surface area contributed by atoms with Gasteiger partial charge in [-0.25, -0.2) is 4.39 Å². The monoisotopic (exact) mass is 399 g/mol. The lowest BCUT2D eigenvalue weighted by Crippen LogP contribution is -2.02. The Morgan fingerprint density at radius 3 is 2.33 bits per heavy atom. The van der Waals surface area contributed by atoms with Crippen LogP contribution in [0.15, 0.2) is 73.3 Å². The third kappa shape index (κ3) is 4.18. The molecule has 0 atom stereocenters. The van der Waals surface area contributed by atoms with Crippen molar-refractivity contribution in [2.24, 2.45) is 0 Å². The standard InChI is InChI=1S/C14H14FN.C14H16/c1-10-3-8-13(16-2)9-14(10)11-4-6-12(15)7-5-11;1-2-14(8-9-14)13-7-6-11-4-3-5-12(11)10-13/h3-9,16H,1-2H3;2,6-7,10H,1,3-5,8-9H2. The first-order chi connectivity index (χ1) is 14.5. The van der Waals surface area contributed by atoms with Crippen LogP contribution in [-0.4, -0.2) is 7.05 Å². The molecule has 1 fully saturated rings. The van der Waals surface area contributed by atoms with Crippen LogP contribution in [0.25, 0.3) is 11.1 Å². The summed E-state index contributed by atoms with van der Waals surface area (Å²) in [5.74, 6) is -0.203. The third-order valence-electron chi connectivity index (χ3n) is 6.53. The van der Waals surface area contributed by atoms with Crippen LogP contribution in [0.3, 0.4) is 0 Å². The van der Waals surface area contributed by atoms with Gasteiger partial charge in [0.2, 0.25) is 0 Å². The Morgan fingerprint density at radius 1 is 0.933 bits per heavy atom. The van der Waals surface area contributed by atoms with Gasteiger partial charge in [0, 0.05) is 18.2 Å². The number of allylic oxidation sites excluding steroid dienone is 1. The zero-order valence-electron chi connectivity index (χ0n) is 18.0. The first-order valence-corrected chi connectivity index (χ1v) is 10.8. The fourth-order valence-corrected chi connectivity index (χ4v) is 4.34. The lowest BCUT2D eigenvalue weighted by Gasteiger charge is -2.11. The summed E-state index contributed by atoms with van der Waals surface area (Å²) in [4.78, 5) is 0. The number of hydrogen-bond acceptors (Lipinski definition) is 1. The summed E-state index contributed by atoms with van der Waals surface area (Å²) in [7, 11) is 1.89.